The largest absolute Gasteiger partial charge is 0.463 e. The van der Waals surface area contributed by atoms with E-state index in [1.54, 1.807) is 51.6 Å². The number of hydrogen-bond donors (Lipinski definition) is 1. The molecule has 0 spiro atoms. The van der Waals surface area contributed by atoms with Crippen molar-refractivity contribution in [2.75, 3.05) is 45.2 Å². The van der Waals surface area contributed by atoms with Gasteiger partial charge in [-0.3, -0.25) is 4.90 Å². The summed E-state index contributed by atoms with van der Waals surface area (Å²) in [6.45, 7) is 8.70. The van der Waals surface area contributed by atoms with E-state index in [2.05, 4.69) is 9.97 Å². The molecule has 3 heterocycles. The number of hydrogen-bond acceptors (Lipinski definition) is 8. The first-order chi connectivity index (χ1) is 16.1. The molecule has 1 aromatic heterocycles. The number of fused-ring (bicyclic) bond motifs is 1. The lowest BCUT2D eigenvalue weighted by molar-refractivity contribution is 0.0236. The Kier molecular flexibility index (Phi) is 6.41. The van der Waals surface area contributed by atoms with Crippen molar-refractivity contribution in [1.82, 2.24) is 19.8 Å². The lowest BCUT2D eigenvalue weighted by Crippen LogP contribution is -2.47. The second-order valence-electron chi connectivity index (χ2n) is 11.8. The molecule has 1 amide bonds. The van der Waals surface area contributed by atoms with Gasteiger partial charge in [0, 0.05) is 31.6 Å². The van der Waals surface area contributed by atoms with Crippen molar-refractivity contribution in [3.8, 4) is 6.01 Å². The second-order valence-corrected chi connectivity index (χ2v) is 11.8. The van der Waals surface area contributed by atoms with E-state index in [-0.39, 0.29) is 38.7 Å². The molecule has 1 saturated carbocycles. The third kappa shape index (κ3) is 5.61. The lowest BCUT2D eigenvalue weighted by Gasteiger charge is -2.38. The number of aromatic nitrogens is 2. The first kappa shape index (κ1) is 25.8. The molecule has 2 atom stereocenters. The van der Waals surface area contributed by atoms with Gasteiger partial charge in [0.15, 0.2) is 0 Å². The number of carbonyl (C=O) groups excluding carboxylic acids is 1. The number of nitrogens with zero attached hydrogens (tertiary/aromatic N) is 5. The molecule has 1 saturated heterocycles. The molecule has 196 valence electrons. The van der Waals surface area contributed by atoms with Crippen molar-refractivity contribution < 1.29 is 28.2 Å². The van der Waals surface area contributed by atoms with Gasteiger partial charge in [-0.25, -0.2) is 13.6 Å². The predicted molar refractivity (Wildman–Crippen MR) is 126 cm³/mol. The number of rotatable bonds is 6. The van der Waals surface area contributed by atoms with E-state index in [9.17, 15) is 18.7 Å². The van der Waals surface area contributed by atoms with E-state index in [4.69, 9.17) is 9.47 Å². The summed E-state index contributed by atoms with van der Waals surface area (Å²) >= 11 is 0. The van der Waals surface area contributed by atoms with Crippen molar-refractivity contribution in [1.29, 1.82) is 0 Å². The molecule has 2 aliphatic heterocycles. The molecular weight excluding hydrogens is 460 g/mol. The highest BCUT2D eigenvalue weighted by Gasteiger charge is 2.71. The smallest absolute Gasteiger partial charge is 0.410 e. The molecular formula is C24H37F2N5O4. The Morgan fingerprint density at radius 2 is 1.91 bits per heavy atom. The van der Waals surface area contributed by atoms with Gasteiger partial charge in [0.25, 0.3) is 5.92 Å². The minimum atomic E-state index is -2.80. The number of aliphatic hydroxyl groups is 1. The molecule has 1 N–H and O–H groups in total. The number of β-amino-alcohol motifs (C(OH)–C–C–N with tert-alkyl or cyclic N) is 1. The first-order valence-corrected chi connectivity index (χ1v) is 12.1. The molecule has 0 bridgehead atoms. The van der Waals surface area contributed by atoms with Gasteiger partial charge >= 0.3 is 12.1 Å². The molecule has 11 heteroatoms. The van der Waals surface area contributed by atoms with Gasteiger partial charge < -0.3 is 24.4 Å². The summed E-state index contributed by atoms with van der Waals surface area (Å²) in [5.41, 5.74) is -1.43. The summed E-state index contributed by atoms with van der Waals surface area (Å²) in [7, 11) is 3.52. The zero-order chi connectivity index (χ0) is 25.8. The van der Waals surface area contributed by atoms with E-state index in [0.29, 0.717) is 31.0 Å². The fourth-order valence-corrected chi connectivity index (χ4v) is 4.96. The molecule has 0 aromatic carbocycles. The predicted octanol–water partition coefficient (Wildman–Crippen LogP) is 3.04. The molecule has 35 heavy (non-hydrogen) atoms. The summed E-state index contributed by atoms with van der Waals surface area (Å²) in [6, 6.07) is 0.0100. The van der Waals surface area contributed by atoms with Gasteiger partial charge in [-0.2, -0.15) is 9.97 Å². The Labute approximate surface area is 205 Å². The average Bonchev–Trinajstić information content (AvgIpc) is 3.04. The normalized spacial score (nSPS) is 27.7. The van der Waals surface area contributed by atoms with Crippen molar-refractivity contribution in [3.05, 3.63) is 11.3 Å². The van der Waals surface area contributed by atoms with E-state index in [1.165, 1.54) is 0 Å². The van der Waals surface area contributed by atoms with Gasteiger partial charge in [-0.05, 0) is 54.6 Å². The van der Waals surface area contributed by atoms with E-state index in [0.717, 1.165) is 12.0 Å². The second kappa shape index (κ2) is 8.69. The topological polar surface area (TPSA) is 91.3 Å². The Morgan fingerprint density at radius 1 is 1.23 bits per heavy atom. The standard InChI is InChI=1S/C24H37F2N5O4/c1-21(2,3)35-20(32)31-10-16-17(11-31)27-19(28-18(16)30-9-7-8-22(4,33)13-30)34-15-23(14-29(5)6)12-24(23,25)26/h33H,7-15H2,1-6H3/t22-,23?/m1/s1. The van der Waals surface area contributed by atoms with Crippen LogP contribution in [0.2, 0.25) is 0 Å². The molecule has 1 unspecified atom stereocenters. The zero-order valence-corrected chi connectivity index (χ0v) is 21.5. The van der Waals surface area contributed by atoms with Crippen LogP contribution in [-0.4, -0.2) is 88.4 Å². The number of halogens is 2. The number of ether oxygens (including phenoxy) is 2. The quantitative estimate of drug-likeness (QED) is 0.642. The molecule has 4 rings (SSSR count). The van der Waals surface area contributed by atoms with Crippen molar-refractivity contribution in [2.45, 2.75) is 77.2 Å². The van der Waals surface area contributed by atoms with E-state index >= 15 is 0 Å². The highest BCUT2D eigenvalue weighted by Crippen LogP contribution is 2.60. The summed E-state index contributed by atoms with van der Waals surface area (Å²) < 4.78 is 39.8. The van der Waals surface area contributed by atoms with E-state index in [1.807, 2.05) is 4.90 Å². The molecule has 9 nitrogen and oxygen atoms in total. The van der Waals surface area contributed by atoms with Crippen LogP contribution < -0.4 is 9.64 Å². The average molecular weight is 498 g/mol. The zero-order valence-electron chi connectivity index (χ0n) is 21.5. The Bertz CT molecular complexity index is 981. The summed E-state index contributed by atoms with van der Waals surface area (Å²) in [4.78, 5) is 27.1. The van der Waals surface area contributed by atoms with Crippen LogP contribution in [-0.2, 0) is 17.8 Å². The van der Waals surface area contributed by atoms with E-state index < -0.39 is 28.6 Å². The number of anilines is 1. The minimum absolute atomic E-state index is 0.0100. The van der Waals surface area contributed by atoms with Crippen LogP contribution >= 0.6 is 0 Å². The van der Waals surface area contributed by atoms with Crippen LogP contribution in [0.4, 0.5) is 19.4 Å². The fraction of sp³-hybridized carbons (Fsp3) is 0.792. The highest BCUT2D eigenvalue weighted by atomic mass is 19.3. The van der Waals surface area contributed by atoms with Gasteiger partial charge in [-0.1, -0.05) is 0 Å². The molecule has 0 radical (unpaired) electrons. The van der Waals surface area contributed by atoms with Crippen LogP contribution in [0.15, 0.2) is 0 Å². The molecule has 2 fully saturated rings. The molecule has 1 aromatic rings. The maximum atomic E-state index is 14.2. The Balaban J connectivity index is 1.60. The van der Waals surface area contributed by atoms with Gasteiger partial charge in [0.1, 0.15) is 18.0 Å². The SMILES string of the molecule is CN(C)CC1(COc2nc3c(c(N4CCC[C@@](C)(O)C4)n2)CN(C(=O)OC(C)(C)C)C3)CC1(F)F. The number of carbonyl (C=O) groups is 1. The maximum absolute atomic E-state index is 14.2. The van der Waals surface area contributed by atoms with Crippen LogP contribution in [0.3, 0.4) is 0 Å². The number of alkyl halides is 2. The maximum Gasteiger partial charge on any atom is 0.410 e. The van der Waals surface area contributed by atoms with Crippen molar-refractivity contribution in [2.24, 2.45) is 5.41 Å². The van der Waals surface area contributed by atoms with Crippen LogP contribution in [0.1, 0.15) is 58.2 Å². The number of piperidine rings is 1. The third-order valence-electron chi connectivity index (χ3n) is 6.67. The van der Waals surface area contributed by atoms with Crippen molar-refractivity contribution in [3.63, 3.8) is 0 Å². The third-order valence-corrected chi connectivity index (χ3v) is 6.67. The van der Waals surface area contributed by atoms with Crippen LogP contribution in [0.5, 0.6) is 6.01 Å². The fourth-order valence-electron chi connectivity index (χ4n) is 4.96. The minimum Gasteiger partial charge on any atom is -0.463 e. The molecule has 3 aliphatic rings. The molecule has 1 aliphatic carbocycles. The summed E-state index contributed by atoms with van der Waals surface area (Å²) in [5.74, 6) is -2.23. The summed E-state index contributed by atoms with van der Waals surface area (Å²) in [5, 5.41) is 10.7. The van der Waals surface area contributed by atoms with Crippen LogP contribution in [0.25, 0.3) is 0 Å². The Hall–Kier alpha value is -2.27. The monoisotopic (exact) mass is 497 g/mol. The number of amides is 1. The lowest BCUT2D eigenvalue weighted by atomic mass is 9.95. The van der Waals surface area contributed by atoms with Crippen LogP contribution in [0, 0.1) is 5.41 Å². The Morgan fingerprint density at radius 3 is 2.49 bits per heavy atom. The van der Waals surface area contributed by atoms with Gasteiger partial charge in [0.2, 0.25) is 0 Å². The van der Waals surface area contributed by atoms with Gasteiger partial charge in [-0.15, -0.1) is 0 Å². The summed E-state index contributed by atoms with van der Waals surface area (Å²) in [6.07, 6.45) is 0.747. The highest BCUT2D eigenvalue weighted by molar-refractivity contribution is 5.70. The van der Waals surface area contributed by atoms with Crippen molar-refractivity contribution >= 4 is 11.9 Å². The van der Waals surface area contributed by atoms with Gasteiger partial charge in [0.05, 0.1) is 29.8 Å². The first-order valence-electron chi connectivity index (χ1n) is 12.1.